The van der Waals surface area contributed by atoms with Gasteiger partial charge in [0.1, 0.15) is 6.04 Å². The summed E-state index contributed by atoms with van der Waals surface area (Å²) in [4.78, 5) is 11.9. The van der Waals surface area contributed by atoms with Crippen LogP contribution in [0.5, 0.6) is 0 Å². The van der Waals surface area contributed by atoms with Gasteiger partial charge in [0.2, 0.25) is 0 Å². The Kier molecular flexibility index (Phi) is 4.71. The average molecular weight is 347 g/mol. The van der Waals surface area contributed by atoms with E-state index in [0.717, 1.165) is 12.1 Å². The van der Waals surface area contributed by atoms with E-state index in [1.807, 2.05) is 6.07 Å². The molecule has 0 radical (unpaired) electrons. The molecule has 0 heterocycles. The smallest absolute Gasteiger partial charge is 0.413 e. The van der Waals surface area contributed by atoms with Gasteiger partial charge < -0.3 is 5.11 Å². The first kappa shape index (κ1) is 16.4. The predicted octanol–water partition coefficient (Wildman–Crippen LogP) is 4.15. The maximum atomic E-state index is 13.9. The van der Waals surface area contributed by atoms with E-state index < -0.39 is 34.9 Å². The molecular weight excluding hydrogens is 334 g/mol. The largest absolute Gasteiger partial charge is 0.465 e. The lowest BCUT2D eigenvalue weighted by atomic mass is 9.86. The summed E-state index contributed by atoms with van der Waals surface area (Å²) in [6.07, 6.45) is -1.53. The van der Waals surface area contributed by atoms with E-state index in [-0.39, 0.29) is 4.47 Å². The Labute approximate surface area is 123 Å². The van der Waals surface area contributed by atoms with E-state index in [2.05, 4.69) is 15.9 Å². The topological polar surface area (TPSA) is 64.3 Å². The maximum Gasteiger partial charge on any atom is 0.413 e. The lowest BCUT2D eigenvalue weighted by molar-refractivity contribution is 0.194. The van der Waals surface area contributed by atoms with Crippen LogP contribution in [-0.4, -0.2) is 17.2 Å². The zero-order valence-electron chi connectivity index (χ0n) is 11.1. The van der Waals surface area contributed by atoms with Crippen molar-refractivity contribution >= 4 is 27.7 Å². The minimum absolute atomic E-state index is 0.184. The van der Waals surface area contributed by atoms with Gasteiger partial charge in [0.15, 0.2) is 11.6 Å². The van der Waals surface area contributed by atoms with Crippen molar-refractivity contribution in [3.8, 4) is 6.07 Å². The molecular formula is C13H13BrF2N2O2. The molecule has 0 bridgehead atoms. The zero-order valence-corrected chi connectivity index (χ0v) is 12.7. The van der Waals surface area contributed by atoms with Gasteiger partial charge in [0, 0.05) is 4.47 Å². The van der Waals surface area contributed by atoms with Gasteiger partial charge in [0.25, 0.3) is 0 Å². The highest BCUT2D eigenvalue weighted by atomic mass is 79.9. The molecule has 0 aromatic heterocycles. The van der Waals surface area contributed by atoms with Crippen LogP contribution < -0.4 is 4.90 Å². The number of hydrogen-bond acceptors (Lipinski definition) is 2. The summed E-state index contributed by atoms with van der Waals surface area (Å²) in [6, 6.07) is 2.68. The molecule has 7 heteroatoms. The van der Waals surface area contributed by atoms with Crippen LogP contribution in [0.25, 0.3) is 0 Å². The number of hydrogen-bond donors (Lipinski definition) is 1. The Balaban J connectivity index is 3.51. The number of carboxylic acid groups (broad SMARTS) is 1. The molecule has 1 unspecified atom stereocenters. The summed E-state index contributed by atoms with van der Waals surface area (Å²) >= 11 is 2.98. The van der Waals surface area contributed by atoms with E-state index in [1.165, 1.54) is 0 Å². The summed E-state index contributed by atoms with van der Waals surface area (Å²) < 4.78 is 27.5. The molecule has 0 aliphatic carbocycles. The van der Waals surface area contributed by atoms with E-state index in [9.17, 15) is 23.9 Å². The quantitative estimate of drug-likeness (QED) is 0.818. The van der Waals surface area contributed by atoms with Crippen molar-refractivity contribution in [2.75, 3.05) is 4.90 Å². The van der Waals surface area contributed by atoms with Gasteiger partial charge in [-0.1, -0.05) is 36.7 Å². The van der Waals surface area contributed by atoms with E-state index >= 15 is 0 Å². The van der Waals surface area contributed by atoms with Crippen LogP contribution in [0.3, 0.4) is 0 Å². The Morgan fingerprint density at radius 1 is 1.45 bits per heavy atom. The highest BCUT2D eigenvalue weighted by Gasteiger charge is 2.36. The molecule has 1 amide bonds. The highest BCUT2D eigenvalue weighted by molar-refractivity contribution is 9.10. The van der Waals surface area contributed by atoms with Gasteiger partial charge in [-0.3, -0.25) is 4.90 Å². The van der Waals surface area contributed by atoms with Crippen molar-refractivity contribution in [1.29, 1.82) is 5.26 Å². The fourth-order valence-corrected chi connectivity index (χ4v) is 2.13. The fraction of sp³-hybridized carbons (Fsp3) is 0.385. The molecule has 108 valence electrons. The molecule has 0 fully saturated rings. The van der Waals surface area contributed by atoms with Crippen molar-refractivity contribution < 1.29 is 18.7 Å². The molecule has 20 heavy (non-hydrogen) atoms. The minimum atomic E-state index is -1.53. The molecule has 1 N–H and O–H groups in total. The van der Waals surface area contributed by atoms with Gasteiger partial charge in [-0.25, -0.2) is 13.6 Å². The molecule has 4 nitrogen and oxygen atoms in total. The molecule has 0 spiro atoms. The third-order valence-electron chi connectivity index (χ3n) is 2.64. The molecule has 0 aliphatic rings. The number of nitriles is 1. The van der Waals surface area contributed by atoms with Crippen LogP contribution in [0.1, 0.15) is 20.8 Å². The number of amides is 1. The second-order valence-corrected chi connectivity index (χ2v) is 6.19. The zero-order chi connectivity index (χ0) is 15.7. The van der Waals surface area contributed by atoms with Crippen molar-refractivity contribution in [3.63, 3.8) is 0 Å². The number of rotatable bonds is 2. The molecule has 1 rings (SSSR count). The second-order valence-electron chi connectivity index (χ2n) is 5.27. The van der Waals surface area contributed by atoms with Gasteiger partial charge in [-0.15, -0.1) is 0 Å². The van der Waals surface area contributed by atoms with Gasteiger partial charge in [0.05, 0.1) is 11.8 Å². The third kappa shape index (κ3) is 3.25. The summed E-state index contributed by atoms with van der Waals surface area (Å²) in [5.74, 6) is -2.49. The first-order valence-electron chi connectivity index (χ1n) is 5.66. The van der Waals surface area contributed by atoms with Gasteiger partial charge in [-0.05, 0) is 17.5 Å². The Morgan fingerprint density at radius 2 is 2.00 bits per heavy atom. The number of anilines is 1. The van der Waals surface area contributed by atoms with Crippen molar-refractivity contribution in [3.05, 3.63) is 28.2 Å². The minimum Gasteiger partial charge on any atom is -0.465 e. The molecule has 1 aromatic rings. The fourth-order valence-electron chi connectivity index (χ4n) is 1.71. The first-order valence-corrected chi connectivity index (χ1v) is 6.45. The van der Waals surface area contributed by atoms with E-state index in [1.54, 1.807) is 20.8 Å². The molecule has 0 aliphatic heterocycles. The SMILES string of the molecule is CC(C)(C)C(C#N)N(C(=O)O)c1cc(Br)cc(F)c1F. The number of nitrogens with zero attached hydrogens (tertiary/aromatic N) is 2. The van der Waals surface area contributed by atoms with E-state index in [0.29, 0.717) is 4.90 Å². The molecule has 1 aromatic carbocycles. The van der Waals surface area contributed by atoms with Crippen molar-refractivity contribution in [1.82, 2.24) is 0 Å². The van der Waals surface area contributed by atoms with Crippen LogP contribution in [0.15, 0.2) is 16.6 Å². The van der Waals surface area contributed by atoms with Crippen LogP contribution >= 0.6 is 15.9 Å². The average Bonchev–Trinajstić information content (AvgIpc) is 2.28. The normalized spacial score (nSPS) is 12.7. The molecule has 1 atom stereocenters. The van der Waals surface area contributed by atoms with Gasteiger partial charge >= 0.3 is 6.09 Å². The van der Waals surface area contributed by atoms with Crippen LogP contribution in [0.4, 0.5) is 19.3 Å². The van der Waals surface area contributed by atoms with Crippen molar-refractivity contribution in [2.24, 2.45) is 5.41 Å². The number of halogens is 3. The Morgan fingerprint density at radius 3 is 2.40 bits per heavy atom. The lowest BCUT2D eigenvalue weighted by Crippen LogP contribution is -2.46. The number of carbonyl (C=O) groups is 1. The summed E-state index contributed by atoms with van der Waals surface area (Å²) in [7, 11) is 0. The van der Waals surface area contributed by atoms with Crippen LogP contribution in [0.2, 0.25) is 0 Å². The maximum absolute atomic E-state index is 13.9. The Bertz CT molecular complexity index is 579. The standard InChI is InChI=1S/C13H13BrF2N2O2/c1-13(2,3)10(6-17)18(12(19)20)9-5-7(14)4-8(15)11(9)16/h4-5,10H,1-3H3,(H,19,20). The second kappa shape index (κ2) is 5.75. The predicted molar refractivity (Wildman–Crippen MR) is 73.4 cm³/mol. The first-order chi connectivity index (χ1) is 9.09. The Hall–Kier alpha value is -1.68. The summed E-state index contributed by atoms with van der Waals surface area (Å²) in [5.41, 5.74) is -1.26. The molecule has 0 saturated heterocycles. The van der Waals surface area contributed by atoms with Crippen molar-refractivity contribution in [2.45, 2.75) is 26.8 Å². The van der Waals surface area contributed by atoms with Gasteiger partial charge in [-0.2, -0.15) is 5.26 Å². The summed E-state index contributed by atoms with van der Waals surface area (Å²) in [5, 5.41) is 18.5. The highest BCUT2D eigenvalue weighted by Crippen LogP contribution is 2.33. The lowest BCUT2D eigenvalue weighted by Gasteiger charge is -2.33. The third-order valence-corrected chi connectivity index (χ3v) is 3.10. The van der Waals surface area contributed by atoms with Crippen LogP contribution in [0, 0.1) is 28.4 Å². The molecule has 0 saturated carbocycles. The monoisotopic (exact) mass is 346 g/mol. The number of benzene rings is 1. The van der Waals surface area contributed by atoms with E-state index in [4.69, 9.17) is 0 Å². The summed E-state index contributed by atoms with van der Waals surface area (Å²) in [6.45, 7) is 4.93. The van der Waals surface area contributed by atoms with Crippen LogP contribution in [-0.2, 0) is 0 Å².